The van der Waals surface area contributed by atoms with Crippen LogP contribution in [0.2, 0.25) is 0 Å². The molecule has 0 fully saturated rings. The third-order valence-corrected chi connectivity index (χ3v) is 2.65. The highest BCUT2D eigenvalue weighted by Crippen LogP contribution is 2.11. The van der Waals surface area contributed by atoms with Crippen LogP contribution in [0.25, 0.3) is 0 Å². The summed E-state index contributed by atoms with van der Waals surface area (Å²) in [4.78, 5) is 22.3. The molecule has 5 heteroatoms. The standard InChI is InChI=1S/C14H18FNO3/c1-14(2,9-13(18)19)16-12(17)8-7-10-5-3-4-6-11(10)15/h3-6H,7-9H2,1-2H3,(H,16,17)(H,18,19). The zero-order valence-corrected chi connectivity index (χ0v) is 11.1. The Morgan fingerprint density at radius 1 is 1.32 bits per heavy atom. The molecule has 0 unspecified atom stereocenters. The maximum atomic E-state index is 13.3. The van der Waals surface area contributed by atoms with Crippen LogP contribution in [-0.4, -0.2) is 22.5 Å². The van der Waals surface area contributed by atoms with Gasteiger partial charge in [0.15, 0.2) is 0 Å². The lowest BCUT2D eigenvalue weighted by molar-refractivity contribution is -0.138. The molecule has 0 heterocycles. The quantitative estimate of drug-likeness (QED) is 0.829. The van der Waals surface area contributed by atoms with E-state index < -0.39 is 11.5 Å². The fourth-order valence-corrected chi connectivity index (χ4v) is 1.81. The lowest BCUT2D eigenvalue weighted by Gasteiger charge is -2.24. The molecule has 0 aliphatic rings. The van der Waals surface area contributed by atoms with Crippen molar-refractivity contribution < 1.29 is 19.1 Å². The predicted octanol–water partition coefficient (Wildman–Crippen LogP) is 2.13. The van der Waals surface area contributed by atoms with Crippen LogP contribution in [-0.2, 0) is 16.0 Å². The minimum absolute atomic E-state index is 0.129. The average Bonchev–Trinajstić information content (AvgIpc) is 2.25. The molecular formula is C14H18FNO3. The molecule has 0 saturated carbocycles. The molecule has 1 aromatic carbocycles. The summed E-state index contributed by atoms with van der Waals surface area (Å²) in [7, 11) is 0. The van der Waals surface area contributed by atoms with E-state index >= 15 is 0 Å². The summed E-state index contributed by atoms with van der Waals surface area (Å²) in [6, 6.07) is 6.28. The third-order valence-electron chi connectivity index (χ3n) is 2.65. The number of aryl methyl sites for hydroxylation is 1. The minimum atomic E-state index is -0.973. The fraction of sp³-hybridized carbons (Fsp3) is 0.429. The molecule has 2 N–H and O–H groups in total. The SMILES string of the molecule is CC(C)(CC(=O)O)NC(=O)CCc1ccccc1F. The van der Waals surface area contributed by atoms with Gasteiger partial charge < -0.3 is 10.4 Å². The summed E-state index contributed by atoms with van der Waals surface area (Å²) < 4.78 is 13.3. The first kappa shape index (κ1) is 15.1. The van der Waals surface area contributed by atoms with Crippen LogP contribution >= 0.6 is 0 Å². The monoisotopic (exact) mass is 267 g/mol. The highest BCUT2D eigenvalue weighted by Gasteiger charge is 2.23. The summed E-state index contributed by atoms with van der Waals surface area (Å²) in [5, 5.41) is 11.3. The van der Waals surface area contributed by atoms with Crippen molar-refractivity contribution in [3.63, 3.8) is 0 Å². The Morgan fingerprint density at radius 2 is 1.95 bits per heavy atom. The Bertz CT molecular complexity index is 472. The van der Waals surface area contributed by atoms with Crippen molar-refractivity contribution in [1.29, 1.82) is 0 Å². The summed E-state index contributed by atoms with van der Waals surface area (Å²) >= 11 is 0. The van der Waals surface area contributed by atoms with E-state index in [1.54, 1.807) is 32.0 Å². The van der Waals surface area contributed by atoms with E-state index in [-0.39, 0.29) is 24.6 Å². The summed E-state index contributed by atoms with van der Waals surface area (Å²) in [6.45, 7) is 3.28. The summed E-state index contributed by atoms with van der Waals surface area (Å²) in [5.41, 5.74) is -0.327. The number of halogens is 1. The molecule has 4 nitrogen and oxygen atoms in total. The molecule has 1 rings (SSSR count). The topological polar surface area (TPSA) is 66.4 Å². The van der Waals surface area contributed by atoms with Crippen molar-refractivity contribution in [2.75, 3.05) is 0 Å². The zero-order valence-electron chi connectivity index (χ0n) is 11.1. The van der Waals surface area contributed by atoms with Gasteiger partial charge in [0.2, 0.25) is 5.91 Å². The van der Waals surface area contributed by atoms with Crippen molar-refractivity contribution in [3.05, 3.63) is 35.6 Å². The average molecular weight is 267 g/mol. The smallest absolute Gasteiger partial charge is 0.305 e. The molecule has 0 radical (unpaired) electrons. The van der Waals surface area contributed by atoms with Crippen molar-refractivity contribution in [2.45, 2.75) is 38.6 Å². The van der Waals surface area contributed by atoms with Gasteiger partial charge in [0.25, 0.3) is 0 Å². The normalized spacial score (nSPS) is 11.1. The Balaban J connectivity index is 2.48. The number of nitrogens with one attached hydrogen (secondary N) is 1. The first-order valence-electron chi connectivity index (χ1n) is 6.06. The number of hydrogen-bond donors (Lipinski definition) is 2. The van der Waals surface area contributed by atoms with E-state index in [0.29, 0.717) is 12.0 Å². The van der Waals surface area contributed by atoms with Crippen molar-refractivity contribution >= 4 is 11.9 Å². The number of rotatable bonds is 6. The van der Waals surface area contributed by atoms with Gasteiger partial charge in [-0.2, -0.15) is 0 Å². The maximum absolute atomic E-state index is 13.3. The lowest BCUT2D eigenvalue weighted by Crippen LogP contribution is -2.45. The lowest BCUT2D eigenvalue weighted by atomic mass is 10.00. The second kappa shape index (κ2) is 6.31. The molecule has 0 aliphatic heterocycles. The van der Waals surface area contributed by atoms with Gasteiger partial charge in [-0.25, -0.2) is 4.39 Å². The van der Waals surface area contributed by atoms with E-state index in [0.717, 1.165) is 0 Å². The van der Waals surface area contributed by atoms with E-state index in [2.05, 4.69) is 5.32 Å². The summed E-state index contributed by atoms with van der Waals surface area (Å²) in [6.07, 6.45) is 0.268. The van der Waals surface area contributed by atoms with E-state index in [1.165, 1.54) is 6.07 Å². The molecule has 0 atom stereocenters. The van der Waals surface area contributed by atoms with Crippen LogP contribution in [0.5, 0.6) is 0 Å². The third kappa shape index (κ3) is 5.50. The Morgan fingerprint density at radius 3 is 2.53 bits per heavy atom. The van der Waals surface area contributed by atoms with Gasteiger partial charge in [-0.1, -0.05) is 18.2 Å². The molecule has 19 heavy (non-hydrogen) atoms. The number of carboxylic acid groups (broad SMARTS) is 1. The first-order chi connectivity index (χ1) is 8.80. The Kier molecular flexibility index (Phi) is 5.03. The van der Waals surface area contributed by atoms with Gasteiger partial charge in [0.1, 0.15) is 5.82 Å². The largest absolute Gasteiger partial charge is 0.481 e. The van der Waals surface area contributed by atoms with E-state index in [9.17, 15) is 14.0 Å². The Hall–Kier alpha value is -1.91. The second-order valence-corrected chi connectivity index (χ2v) is 5.09. The zero-order chi connectivity index (χ0) is 14.5. The minimum Gasteiger partial charge on any atom is -0.481 e. The van der Waals surface area contributed by atoms with Crippen LogP contribution in [0.1, 0.15) is 32.3 Å². The number of carbonyl (C=O) groups excluding carboxylic acids is 1. The number of carbonyl (C=O) groups is 2. The van der Waals surface area contributed by atoms with Crippen LogP contribution in [0.15, 0.2) is 24.3 Å². The van der Waals surface area contributed by atoms with Gasteiger partial charge in [0, 0.05) is 12.0 Å². The van der Waals surface area contributed by atoms with Crippen LogP contribution < -0.4 is 5.32 Å². The van der Waals surface area contributed by atoms with Crippen molar-refractivity contribution in [2.24, 2.45) is 0 Å². The van der Waals surface area contributed by atoms with Crippen molar-refractivity contribution in [1.82, 2.24) is 5.32 Å². The number of carboxylic acids is 1. The highest BCUT2D eigenvalue weighted by molar-refractivity contribution is 5.78. The number of amides is 1. The van der Waals surface area contributed by atoms with Crippen LogP contribution in [0.4, 0.5) is 4.39 Å². The maximum Gasteiger partial charge on any atom is 0.305 e. The molecule has 1 amide bonds. The molecule has 0 aromatic heterocycles. The van der Waals surface area contributed by atoms with Crippen LogP contribution in [0, 0.1) is 5.82 Å². The molecule has 104 valence electrons. The number of benzene rings is 1. The predicted molar refractivity (Wildman–Crippen MR) is 69.2 cm³/mol. The number of hydrogen-bond acceptors (Lipinski definition) is 2. The fourth-order valence-electron chi connectivity index (χ4n) is 1.81. The molecular weight excluding hydrogens is 249 g/mol. The highest BCUT2D eigenvalue weighted by atomic mass is 19.1. The summed E-state index contributed by atoms with van der Waals surface area (Å²) in [5.74, 6) is -1.59. The first-order valence-corrected chi connectivity index (χ1v) is 6.06. The molecule has 0 saturated heterocycles. The molecule has 1 aromatic rings. The van der Waals surface area contributed by atoms with Gasteiger partial charge in [0.05, 0.1) is 6.42 Å². The van der Waals surface area contributed by atoms with E-state index in [1.807, 2.05) is 0 Å². The number of aliphatic carboxylic acids is 1. The van der Waals surface area contributed by atoms with Crippen molar-refractivity contribution in [3.8, 4) is 0 Å². The van der Waals surface area contributed by atoms with E-state index in [4.69, 9.17) is 5.11 Å². The second-order valence-electron chi connectivity index (χ2n) is 5.09. The van der Waals surface area contributed by atoms with Gasteiger partial charge in [-0.15, -0.1) is 0 Å². The van der Waals surface area contributed by atoms with Crippen LogP contribution in [0.3, 0.4) is 0 Å². The van der Waals surface area contributed by atoms with Gasteiger partial charge in [-0.3, -0.25) is 9.59 Å². The molecule has 0 bridgehead atoms. The van der Waals surface area contributed by atoms with Gasteiger partial charge >= 0.3 is 5.97 Å². The Labute approximate surface area is 111 Å². The molecule has 0 spiro atoms. The van der Waals surface area contributed by atoms with Gasteiger partial charge in [-0.05, 0) is 31.9 Å². The molecule has 0 aliphatic carbocycles.